The lowest BCUT2D eigenvalue weighted by atomic mass is 10.1. The van der Waals surface area contributed by atoms with Gasteiger partial charge in [0.2, 0.25) is 0 Å². The van der Waals surface area contributed by atoms with Gasteiger partial charge in [0.25, 0.3) is 5.91 Å². The van der Waals surface area contributed by atoms with E-state index in [0.29, 0.717) is 5.69 Å². The first-order valence-electron chi connectivity index (χ1n) is 5.75. The number of nitrogens with zero attached hydrogens (tertiary/aromatic N) is 1. The molecule has 0 radical (unpaired) electrons. The summed E-state index contributed by atoms with van der Waals surface area (Å²) in [5.41, 5.74) is -0.784. The molecule has 1 amide bonds. The molecule has 0 fully saturated rings. The van der Waals surface area contributed by atoms with Crippen LogP contribution in [-0.2, 0) is 0 Å². The van der Waals surface area contributed by atoms with Crippen molar-refractivity contribution in [3.8, 4) is 0 Å². The van der Waals surface area contributed by atoms with Crippen LogP contribution in [0.5, 0.6) is 0 Å². The number of halogens is 1. The number of rotatable bonds is 5. The first-order valence-corrected chi connectivity index (χ1v) is 6.55. The summed E-state index contributed by atoms with van der Waals surface area (Å²) in [7, 11) is 0. The molecule has 6 heteroatoms. The molecule has 1 aromatic heterocycles. The Bertz CT molecular complexity index is 427. The number of carbonyl (C=O) groups excluding carboxylic acids is 1. The van der Waals surface area contributed by atoms with Crippen molar-refractivity contribution in [2.45, 2.75) is 32.4 Å². The SMILES string of the molecule is CC(C)n1cc(Br)cc1C(=O)NCC(C)(O)CO. The van der Waals surface area contributed by atoms with Crippen molar-refractivity contribution >= 4 is 21.8 Å². The predicted molar refractivity (Wildman–Crippen MR) is 72.6 cm³/mol. The van der Waals surface area contributed by atoms with Crippen molar-refractivity contribution in [3.63, 3.8) is 0 Å². The van der Waals surface area contributed by atoms with Gasteiger partial charge < -0.3 is 20.1 Å². The topological polar surface area (TPSA) is 74.5 Å². The highest BCUT2D eigenvalue weighted by molar-refractivity contribution is 9.10. The van der Waals surface area contributed by atoms with Crippen LogP contribution in [0.1, 0.15) is 37.3 Å². The Morgan fingerprint density at radius 1 is 1.61 bits per heavy atom. The predicted octanol–water partition coefficient (Wildman–Crippen LogP) is 1.30. The number of aliphatic hydroxyl groups is 2. The van der Waals surface area contributed by atoms with Crippen molar-refractivity contribution in [1.82, 2.24) is 9.88 Å². The molecule has 3 N–H and O–H groups in total. The van der Waals surface area contributed by atoms with Gasteiger partial charge in [0.15, 0.2) is 0 Å². The molecule has 0 bridgehead atoms. The summed E-state index contributed by atoms with van der Waals surface area (Å²) >= 11 is 3.33. The molecule has 0 aliphatic carbocycles. The number of hydrogen-bond donors (Lipinski definition) is 3. The van der Waals surface area contributed by atoms with Crippen LogP contribution in [0.15, 0.2) is 16.7 Å². The third-order valence-corrected chi connectivity index (χ3v) is 3.01. The van der Waals surface area contributed by atoms with Crippen LogP contribution in [0, 0.1) is 0 Å². The normalized spacial score (nSPS) is 14.6. The second kappa shape index (κ2) is 5.86. The number of amides is 1. The number of hydrogen-bond acceptors (Lipinski definition) is 3. The van der Waals surface area contributed by atoms with Crippen LogP contribution in [0.3, 0.4) is 0 Å². The Kier molecular flexibility index (Phi) is 4.95. The van der Waals surface area contributed by atoms with Gasteiger partial charge in [-0.25, -0.2) is 0 Å². The van der Waals surface area contributed by atoms with E-state index in [2.05, 4.69) is 21.2 Å². The maximum Gasteiger partial charge on any atom is 0.268 e. The van der Waals surface area contributed by atoms with Crippen LogP contribution >= 0.6 is 15.9 Å². The minimum atomic E-state index is -1.30. The van der Waals surface area contributed by atoms with Gasteiger partial charge in [-0.15, -0.1) is 0 Å². The van der Waals surface area contributed by atoms with Gasteiger partial charge in [-0.3, -0.25) is 4.79 Å². The van der Waals surface area contributed by atoms with Gasteiger partial charge in [-0.2, -0.15) is 0 Å². The number of carbonyl (C=O) groups is 1. The third kappa shape index (κ3) is 3.83. The van der Waals surface area contributed by atoms with Crippen LogP contribution in [0.4, 0.5) is 0 Å². The van der Waals surface area contributed by atoms with E-state index in [9.17, 15) is 9.90 Å². The molecular weight excluding hydrogens is 300 g/mol. The van der Waals surface area contributed by atoms with E-state index in [-0.39, 0.29) is 18.5 Å². The molecule has 1 unspecified atom stereocenters. The van der Waals surface area contributed by atoms with Crippen molar-refractivity contribution in [2.75, 3.05) is 13.2 Å². The second-order valence-corrected chi connectivity index (χ2v) is 5.80. The zero-order valence-corrected chi connectivity index (χ0v) is 12.4. The zero-order chi connectivity index (χ0) is 13.9. The summed E-state index contributed by atoms with van der Waals surface area (Å²) in [5.74, 6) is -0.275. The molecule has 18 heavy (non-hydrogen) atoms. The summed E-state index contributed by atoms with van der Waals surface area (Å²) < 4.78 is 2.67. The Balaban J connectivity index is 2.79. The van der Waals surface area contributed by atoms with E-state index < -0.39 is 12.2 Å². The van der Waals surface area contributed by atoms with E-state index in [1.165, 1.54) is 6.92 Å². The maximum absolute atomic E-state index is 12.0. The molecule has 5 nitrogen and oxygen atoms in total. The van der Waals surface area contributed by atoms with Crippen LogP contribution in [0.2, 0.25) is 0 Å². The highest BCUT2D eigenvalue weighted by Gasteiger charge is 2.22. The molecule has 1 aromatic rings. The van der Waals surface area contributed by atoms with Gasteiger partial charge >= 0.3 is 0 Å². The molecule has 1 rings (SSSR count). The Hall–Kier alpha value is -0.850. The summed E-state index contributed by atoms with van der Waals surface area (Å²) in [6, 6.07) is 1.89. The van der Waals surface area contributed by atoms with Gasteiger partial charge in [0.1, 0.15) is 11.3 Å². The summed E-state index contributed by atoms with van der Waals surface area (Å²) in [6.45, 7) is 5.02. The average Bonchev–Trinajstić information content (AvgIpc) is 2.68. The Morgan fingerprint density at radius 3 is 2.72 bits per heavy atom. The van der Waals surface area contributed by atoms with Gasteiger partial charge in [0, 0.05) is 23.3 Å². The van der Waals surface area contributed by atoms with Gasteiger partial charge in [-0.05, 0) is 42.8 Å². The highest BCUT2D eigenvalue weighted by Crippen LogP contribution is 2.19. The number of nitrogens with one attached hydrogen (secondary N) is 1. The quantitative estimate of drug-likeness (QED) is 0.766. The molecule has 102 valence electrons. The van der Waals surface area contributed by atoms with Crippen LogP contribution < -0.4 is 5.32 Å². The second-order valence-electron chi connectivity index (χ2n) is 4.88. The van der Waals surface area contributed by atoms with Crippen molar-refractivity contribution in [2.24, 2.45) is 0 Å². The fraction of sp³-hybridized carbons (Fsp3) is 0.583. The molecule has 1 heterocycles. The monoisotopic (exact) mass is 318 g/mol. The summed E-state index contributed by atoms with van der Waals surface area (Å²) in [5, 5.41) is 21.1. The number of aliphatic hydroxyl groups excluding tert-OH is 1. The zero-order valence-electron chi connectivity index (χ0n) is 10.8. The lowest BCUT2D eigenvalue weighted by Gasteiger charge is -2.21. The Morgan fingerprint density at radius 2 is 2.22 bits per heavy atom. The fourth-order valence-electron chi connectivity index (χ4n) is 1.47. The first kappa shape index (κ1) is 15.2. The lowest BCUT2D eigenvalue weighted by Crippen LogP contribution is -2.43. The highest BCUT2D eigenvalue weighted by atomic mass is 79.9. The van der Waals surface area contributed by atoms with Gasteiger partial charge in [0.05, 0.1) is 6.61 Å². The smallest absolute Gasteiger partial charge is 0.268 e. The first-order chi connectivity index (χ1) is 8.26. The van der Waals surface area contributed by atoms with E-state index in [0.717, 1.165) is 4.47 Å². The molecule has 0 aliphatic heterocycles. The van der Waals surface area contributed by atoms with Crippen molar-refractivity contribution < 1.29 is 15.0 Å². The molecule has 0 saturated heterocycles. The van der Waals surface area contributed by atoms with Crippen molar-refractivity contribution in [1.29, 1.82) is 0 Å². The molecular formula is C12H19BrN2O3. The molecule has 0 spiro atoms. The maximum atomic E-state index is 12.0. The van der Waals surface area contributed by atoms with Crippen molar-refractivity contribution in [3.05, 3.63) is 22.4 Å². The van der Waals surface area contributed by atoms with Gasteiger partial charge in [-0.1, -0.05) is 0 Å². The van der Waals surface area contributed by atoms with Crippen LogP contribution in [0.25, 0.3) is 0 Å². The lowest BCUT2D eigenvalue weighted by molar-refractivity contribution is 0.00312. The largest absolute Gasteiger partial charge is 0.393 e. The Labute approximate surface area is 115 Å². The summed E-state index contributed by atoms with van der Waals surface area (Å²) in [6.07, 6.45) is 1.84. The third-order valence-electron chi connectivity index (χ3n) is 2.57. The minimum Gasteiger partial charge on any atom is -0.393 e. The van der Waals surface area contributed by atoms with E-state index in [1.54, 1.807) is 6.07 Å². The molecule has 0 aliphatic rings. The van der Waals surface area contributed by atoms with E-state index in [4.69, 9.17) is 5.11 Å². The minimum absolute atomic E-state index is 0.00320. The van der Waals surface area contributed by atoms with Crippen LogP contribution in [-0.4, -0.2) is 39.4 Å². The molecule has 0 aromatic carbocycles. The number of aromatic nitrogens is 1. The summed E-state index contributed by atoms with van der Waals surface area (Å²) in [4.78, 5) is 12.0. The standard InChI is InChI=1S/C12H19BrN2O3/c1-8(2)15-5-9(13)4-10(15)11(17)14-6-12(3,18)7-16/h4-5,8,16,18H,6-7H2,1-3H3,(H,14,17). The van der Waals surface area contributed by atoms with E-state index in [1.807, 2.05) is 24.6 Å². The molecule has 0 saturated carbocycles. The molecule has 1 atom stereocenters. The average molecular weight is 319 g/mol. The fourth-order valence-corrected chi connectivity index (χ4v) is 1.91. The van der Waals surface area contributed by atoms with E-state index >= 15 is 0 Å².